The van der Waals surface area contributed by atoms with Gasteiger partial charge >= 0.3 is 0 Å². The Morgan fingerprint density at radius 2 is 2.29 bits per heavy atom. The van der Waals surface area contributed by atoms with Gasteiger partial charge in [-0.3, -0.25) is 4.68 Å². The highest BCUT2D eigenvalue weighted by atomic mass is 16.5. The highest BCUT2D eigenvalue weighted by molar-refractivity contribution is 5.80. The lowest BCUT2D eigenvalue weighted by Gasteiger charge is -2.05. The van der Waals surface area contributed by atoms with Crippen LogP contribution in [0.2, 0.25) is 0 Å². The minimum atomic E-state index is 0.568. The lowest BCUT2D eigenvalue weighted by molar-refractivity contribution is 0.401. The summed E-state index contributed by atoms with van der Waals surface area (Å²) in [7, 11) is 5.30. The molecule has 0 atom stereocenters. The molecule has 14 heavy (non-hydrogen) atoms. The maximum Gasteiger partial charge on any atom is 0.239 e. The van der Waals surface area contributed by atoms with Gasteiger partial charge in [-0.05, 0) is 6.07 Å². The molecule has 74 valence electrons. The van der Waals surface area contributed by atoms with Gasteiger partial charge in [0.2, 0.25) is 5.88 Å². The van der Waals surface area contributed by atoms with Crippen LogP contribution in [0.4, 0.5) is 5.69 Å². The summed E-state index contributed by atoms with van der Waals surface area (Å²) >= 11 is 0. The number of rotatable bonds is 2. The Kier molecular flexibility index (Phi) is 1.99. The first-order chi connectivity index (χ1) is 6.74. The summed E-state index contributed by atoms with van der Waals surface area (Å²) in [5.74, 6) is 0.568. The summed E-state index contributed by atoms with van der Waals surface area (Å²) in [5.41, 5.74) is 1.57. The van der Waals surface area contributed by atoms with Crippen LogP contribution in [0.25, 0.3) is 11.0 Å². The Morgan fingerprint density at radius 3 is 2.93 bits per heavy atom. The van der Waals surface area contributed by atoms with Crippen molar-refractivity contribution in [1.29, 1.82) is 0 Å². The third kappa shape index (κ3) is 1.26. The van der Waals surface area contributed by atoms with Crippen LogP contribution in [0, 0.1) is 0 Å². The maximum absolute atomic E-state index is 5.13. The highest BCUT2D eigenvalue weighted by Crippen LogP contribution is 2.25. The van der Waals surface area contributed by atoms with Gasteiger partial charge in [-0.15, -0.1) is 0 Å². The largest absolute Gasteiger partial charge is 0.479 e. The Labute approximate surface area is 81.7 Å². The molecule has 2 rings (SSSR count). The molecular formula is C9H12N4O. The number of methoxy groups -OCH3 is 1. The van der Waals surface area contributed by atoms with E-state index >= 15 is 0 Å². The molecule has 5 nitrogen and oxygen atoms in total. The lowest BCUT2D eigenvalue weighted by Crippen LogP contribution is -1.96. The number of pyridine rings is 1. The van der Waals surface area contributed by atoms with Gasteiger partial charge in [0.25, 0.3) is 0 Å². The Morgan fingerprint density at radius 1 is 1.50 bits per heavy atom. The molecule has 2 aromatic heterocycles. The number of nitrogens with one attached hydrogen (secondary N) is 1. The third-order valence-corrected chi connectivity index (χ3v) is 2.04. The van der Waals surface area contributed by atoms with Crippen LogP contribution < -0.4 is 10.1 Å². The van der Waals surface area contributed by atoms with Gasteiger partial charge in [0, 0.05) is 25.7 Å². The minimum Gasteiger partial charge on any atom is -0.479 e. The van der Waals surface area contributed by atoms with E-state index in [1.54, 1.807) is 11.8 Å². The van der Waals surface area contributed by atoms with Crippen molar-refractivity contribution < 1.29 is 4.74 Å². The van der Waals surface area contributed by atoms with Crippen LogP contribution in [0.15, 0.2) is 12.3 Å². The fourth-order valence-electron chi connectivity index (χ4n) is 1.39. The van der Waals surface area contributed by atoms with Crippen LogP contribution in [0.3, 0.4) is 0 Å². The number of aromatic nitrogens is 3. The molecule has 1 N–H and O–H groups in total. The zero-order chi connectivity index (χ0) is 10.1. The van der Waals surface area contributed by atoms with Crippen LogP contribution >= 0.6 is 0 Å². The zero-order valence-corrected chi connectivity index (χ0v) is 8.40. The molecule has 0 aromatic carbocycles. The van der Waals surface area contributed by atoms with Gasteiger partial charge in [0.15, 0.2) is 5.65 Å². The molecule has 2 heterocycles. The van der Waals surface area contributed by atoms with Gasteiger partial charge in [0.1, 0.15) is 0 Å². The average molecular weight is 192 g/mol. The minimum absolute atomic E-state index is 0.568. The molecule has 0 spiro atoms. The number of anilines is 1. The zero-order valence-electron chi connectivity index (χ0n) is 8.40. The van der Waals surface area contributed by atoms with E-state index in [1.165, 1.54) is 0 Å². The van der Waals surface area contributed by atoms with Crippen molar-refractivity contribution >= 4 is 16.7 Å². The molecule has 0 amide bonds. The van der Waals surface area contributed by atoms with E-state index in [9.17, 15) is 0 Å². The fourth-order valence-corrected chi connectivity index (χ4v) is 1.39. The number of hydrogen-bond donors (Lipinski definition) is 1. The van der Waals surface area contributed by atoms with Crippen molar-refractivity contribution in [2.45, 2.75) is 0 Å². The smallest absolute Gasteiger partial charge is 0.239 e. The number of aryl methyl sites for hydroxylation is 1. The van der Waals surface area contributed by atoms with Crippen LogP contribution in [-0.2, 0) is 7.05 Å². The quantitative estimate of drug-likeness (QED) is 0.771. The van der Waals surface area contributed by atoms with Crippen molar-refractivity contribution in [3.05, 3.63) is 12.3 Å². The van der Waals surface area contributed by atoms with Gasteiger partial charge in [-0.25, -0.2) is 0 Å². The van der Waals surface area contributed by atoms with E-state index in [0.29, 0.717) is 11.5 Å². The molecule has 0 unspecified atom stereocenters. The second-order valence-corrected chi connectivity index (χ2v) is 3.01. The molecule has 0 saturated heterocycles. The molecule has 0 bridgehead atoms. The molecule has 5 heteroatoms. The van der Waals surface area contributed by atoms with E-state index in [-0.39, 0.29) is 0 Å². The summed E-state index contributed by atoms with van der Waals surface area (Å²) in [6.45, 7) is 0. The van der Waals surface area contributed by atoms with E-state index in [0.717, 1.165) is 11.1 Å². The summed E-state index contributed by atoms with van der Waals surface area (Å²) in [5, 5.41) is 8.22. The topological polar surface area (TPSA) is 52.0 Å². The average Bonchev–Trinajstić information content (AvgIpc) is 2.54. The Bertz CT molecular complexity index is 422. The Hall–Kier alpha value is -1.78. The third-order valence-electron chi connectivity index (χ3n) is 2.04. The van der Waals surface area contributed by atoms with Crippen LogP contribution in [0.5, 0.6) is 5.88 Å². The van der Waals surface area contributed by atoms with Gasteiger partial charge in [-0.1, -0.05) is 0 Å². The van der Waals surface area contributed by atoms with E-state index in [1.807, 2.05) is 26.4 Å². The molecular weight excluding hydrogens is 180 g/mol. The summed E-state index contributed by atoms with van der Waals surface area (Å²) < 4.78 is 6.86. The number of nitrogens with zero attached hydrogens (tertiary/aromatic N) is 3. The summed E-state index contributed by atoms with van der Waals surface area (Å²) in [6.07, 6.45) is 1.92. The van der Waals surface area contributed by atoms with Crippen molar-refractivity contribution in [1.82, 2.24) is 14.8 Å². The molecule has 0 aliphatic carbocycles. The van der Waals surface area contributed by atoms with Gasteiger partial charge in [-0.2, -0.15) is 10.1 Å². The number of ether oxygens (including phenoxy) is 1. The van der Waals surface area contributed by atoms with Crippen molar-refractivity contribution in [3.8, 4) is 5.88 Å². The predicted octanol–water partition coefficient (Wildman–Crippen LogP) is 1.02. The monoisotopic (exact) mass is 192 g/mol. The normalized spacial score (nSPS) is 10.5. The molecule has 0 saturated carbocycles. The van der Waals surface area contributed by atoms with Gasteiger partial charge < -0.3 is 10.1 Å². The standard InChI is InChI=1S/C9H12N4O/c1-10-7-4-6-5-13(2)12-8(6)11-9(7)14-3/h4-5,10H,1-3H3. The molecule has 0 aliphatic heterocycles. The summed E-state index contributed by atoms with van der Waals surface area (Å²) in [4.78, 5) is 4.27. The molecule has 0 radical (unpaired) electrons. The second kappa shape index (κ2) is 3.17. The van der Waals surface area contributed by atoms with E-state index in [2.05, 4.69) is 15.4 Å². The van der Waals surface area contributed by atoms with Crippen molar-refractivity contribution in [2.75, 3.05) is 19.5 Å². The van der Waals surface area contributed by atoms with Crippen LogP contribution in [-0.4, -0.2) is 28.9 Å². The first-order valence-corrected chi connectivity index (χ1v) is 4.30. The SMILES string of the molecule is CNc1cc2cn(C)nc2nc1OC. The number of hydrogen-bond acceptors (Lipinski definition) is 4. The molecule has 0 fully saturated rings. The first kappa shape index (κ1) is 8.80. The number of fused-ring (bicyclic) bond motifs is 1. The first-order valence-electron chi connectivity index (χ1n) is 4.30. The van der Waals surface area contributed by atoms with E-state index in [4.69, 9.17) is 4.74 Å². The molecule has 2 aromatic rings. The van der Waals surface area contributed by atoms with Crippen molar-refractivity contribution in [2.24, 2.45) is 7.05 Å². The predicted molar refractivity (Wildman–Crippen MR) is 54.6 cm³/mol. The van der Waals surface area contributed by atoms with E-state index < -0.39 is 0 Å². The van der Waals surface area contributed by atoms with Gasteiger partial charge in [0.05, 0.1) is 12.8 Å². The maximum atomic E-state index is 5.13. The van der Waals surface area contributed by atoms with Crippen LogP contribution in [0.1, 0.15) is 0 Å². The Balaban J connectivity index is 2.68. The molecule has 0 aliphatic rings. The lowest BCUT2D eigenvalue weighted by atomic mass is 10.3. The second-order valence-electron chi connectivity index (χ2n) is 3.01. The van der Waals surface area contributed by atoms with Crippen molar-refractivity contribution in [3.63, 3.8) is 0 Å². The summed E-state index contributed by atoms with van der Waals surface area (Å²) in [6, 6.07) is 1.97. The fraction of sp³-hybridized carbons (Fsp3) is 0.333. The highest BCUT2D eigenvalue weighted by Gasteiger charge is 2.07.